The van der Waals surface area contributed by atoms with Gasteiger partial charge in [0.15, 0.2) is 5.82 Å². The van der Waals surface area contributed by atoms with Gasteiger partial charge in [-0.3, -0.25) is 15.1 Å². The molecule has 152 valence electrons. The molecular weight excluding hydrogens is 388 g/mol. The van der Waals surface area contributed by atoms with Crippen LogP contribution in [0.4, 0.5) is 5.95 Å². The summed E-state index contributed by atoms with van der Waals surface area (Å²) in [6, 6.07) is 9.98. The number of amides is 1. The van der Waals surface area contributed by atoms with E-state index in [1.54, 1.807) is 24.1 Å². The molecule has 4 rings (SSSR count). The quantitative estimate of drug-likeness (QED) is 0.686. The third-order valence-electron chi connectivity index (χ3n) is 5.06. The molecule has 0 aliphatic carbocycles. The molecule has 1 fully saturated rings. The maximum absolute atomic E-state index is 12.8. The topological polar surface area (TPSA) is 84.7 Å². The highest BCUT2D eigenvalue weighted by molar-refractivity contribution is 6.03. The number of hydrogen-bond donors (Lipinski definition) is 2. The number of anilines is 1. The van der Waals surface area contributed by atoms with Crippen molar-refractivity contribution < 1.29 is 4.79 Å². The first-order valence-corrected chi connectivity index (χ1v) is 9.55. The number of piperidine rings is 1. The maximum atomic E-state index is 12.8. The van der Waals surface area contributed by atoms with Gasteiger partial charge in [-0.25, -0.2) is 4.68 Å². The number of nitrogens with one attached hydrogen (secondary N) is 2. The molecule has 0 radical (unpaired) electrons. The molecule has 0 spiro atoms. The van der Waals surface area contributed by atoms with Gasteiger partial charge in [0.05, 0.1) is 5.56 Å². The Morgan fingerprint density at radius 1 is 1.17 bits per heavy atom. The second kappa shape index (κ2) is 9.15. The fourth-order valence-corrected chi connectivity index (χ4v) is 3.49. The number of aromatic nitrogens is 4. The molecule has 0 saturated carbocycles. The van der Waals surface area contributed by atoms with Crippen LogP contribution in [0.25, 0.3) is 11.1 Å². The first-order chi connectivity index (χ1) is 13.6. The average molecular weight is 413 g/mol. The van der Waals surface area contributed by atoms with E-state index in [1.807, 2.05) is 31.2 Å². The maximum Gasteiger partial charge on any atom is 0.259 e. The van der Waals surface area contributed by atoms with Gasteiger partial charge < -0.3 is 5.32 Å². The van der Waals surface area contributed by atoms with Gasteiger partial charge in [-0.15, -0.1) is 12.4 Å². The van der Waals surface area contributed by atoms with Crippen molar-refractivity contribution in [1.29, 1.82) is 0 Å². The molecule has 1 amide bonds. The van der Waals surface area contributed by atoms with Crippen molar-refractivity contribution in [1.82, 2.24) is 25.1 Å². The van der Waals surface area contributed by atoms with Crippen LogP contribution in [-0.4, -0.2) is 38.7 Å². The summed E-state index contributed by atoms with van der Waals surface area (Å²) in [6.45, 7) is 3.99. The third-order valence-corrected chi connectivity index (χ3v) is 5.06. The summed E-state index contributed by atoms with van der Waals surface area (Å²) < 4.78 is 1.63. The van der Waals surface area contributed by atoms with Gasteiger partial charge in [0.25, 0.3) is 5.91 Å². The zero-order valence-electron chi connectivity index (χ0n) is 16.6. The van der Waals surface area contributed by atoms with E-state index in [-0.39, 0.29) is 18.3 Å². The number of pyridine rings is 1. The van der Waals surface area contributed by atoms with Crippen LogP contribution in [0.2, 0.25) is 0 Å². The molecule has 0 atom stereocenters. The second-order valence-electron chi connectivity index (χ2n) is 7.23. The van der Waals surface area contributed by atoms with Gasteiger partial charge in [0, 0.05) is 30.9 Å². The number of carbonyl (C=O) groups excluding carboxylic acids is 1. The summed E-state index contributed by atoms with van der Waals surface area (Å²) in [5, 5.41) is 10.7. The Labute approximate surface area is 176 Å². The van der Waals surface area contributed by atoms with Crippen LogP contribution in [-0.2, 0) is 7.05 Å². The summed E-state index contributed by atoms with van der Waals surface area (Å²) in [6.07, 6.45) is 5.36. The third kappa shape index (κ3) is 4.81. The van der Waals surface area contributed by atoms with E-state index in [2.05, 4.69) is 31.8 Å². The highest BCUT2D eigenvalue weighted by atomic mass is 35.5. The zero-order chi connectivity index (χ0) is 19.5. The minimum atomic E-state index is -0.241. The van der Waals surface area contributed by atoms with Crippen molar-refractivity contribution in [2.75, 3.05) is 18.4 Å². The highest BCUT2D eigenvalue weighted by Gasteiger charge is 2.21. The molecule has 1 aromatic carbocycles. The van der Waals surface area contributed by atoms with Gasteiger partial charge in [-0.1, -0.05) is 29.8 Å². The minimum Gasteiger partial charge on any atom is -0.317 e. The molecule has 0 bridgehead atoms. The molecule has 29 heavy (non-hydrogen) atoms. The Morgan fingerprint density at radius 2 is 1.97 bits per heavy atom. The number of benzene rings is 1. The highest BCUT2D eigenvalue weighted by Crippen LogP contribution is 2.24. The Balaban J connectivity index is 0.00000240. The van der Waals surface area contributed by atoms with Gasteiger partial charge in [0.2, 0.25) is 5.95 Å². The monoisotopic (exact) mass is 412 g/mol. The van der Waals surface area contributed by atoms with Crippen molar-refractivity contribution in [2.24, 2.45) is 7.05 Å². The summed E-state index contributed by atoms with van der Waals surface area (Å²) in [4.78, 5) is 21.6. The van der Waals surface area contributed by atoms with Crippen LogP contribution in [0.15, 0.2) is 42.7 Å². The van der Waals surface area contributed by atoms with Crippen molar-refractivity contribution in [2.45, 2.75) is 25.7 Å². The number of rotatable bonds is 4. The average Bonchev–Trinajstić information content (AvgIpc) is 3.09. The summed E-state index contributed by atoms with van der Waals surface area (Å²) >= 11 is 0. The largest absolute Gasteiger partial charge is 0.317 e. The standard InChI is InChI=1S/C21H24N6O.ClH/c1-14-4-3-5-16(10-14)17-11-18(13-23-12-17)20(28)25-21-24-19(26-27(21)2)15-6-8-22-9-7-15;/h3-5,10-13,15,22H,6-9H2,1-2H3,(H,24,25,26,28);1H. The first kappa shape index (κ1) is 21.0. The summed E-state index contributed by atoms with van der Waals surface area (Å²) in [5.74, 6) is 1.35. The fourth-order valence-electron chi connectivity index (χ4n) is 3.49. The molecule has 0 unspecified atom stereocenters. The van der Waals surface area contributed by atoms with E-state index in [0.717, 1.165) is 48.4 Å². The summed E-state index contributed by atoms with van der Waals surface area (Å²) in [5.41, 5.74) is 3.60. The van der Waals surface area contributed by atoms with E-state index in [4.69, 9.17) is 0 Å². The number of aryl methyl sites for hydroxylation is 2. The van der Waals surface area contributed by atoms with Gasteiger partial charge in [-0.2, -0.15) is 10.1 Å². The molecule has 2 N–H and O–H groups in total. The normalized spacial score (nSPS) is 14.3. The van der Waals surface area contributed by atoms with Crippen molar-refractivity contribution >= 4 is 24.3 Å². The molecule has 8 heteroatoms. The molecule has 1 aliphatic heterocycles. The first-order valence-electron chi connectivity index (χ1n) is 9.55. The predicted octanol–water partition coefficient (Wildman–Crippen LogP) is 3.33. The Morgan fingerprint density at radius 3 is 2.72 bits per heavy atom. The lowest BCUT2D eigenvalue weighted by Gasteiger charge is -2.19. The van der Waals surface area contributed by atoms with Gasteiger partial charge >= 0.3 is 0 Å². The van der Waals surface area contributed by atoms with E-state index in [9.17, 15) is 4.79 Å². The van der Waals surface area contributed by atoms with Crippen LogP contribution in [0.5, 0.6) is 0 Å². The smallest absolute Gasteiger partial charge is 0.259 e. The molecule has 7 nitrogen and oxygen atoms in total. The van der Waals surface area contributed by atoms with Crippen molar-refractivity contribution in [3.63, 3.8) is 0 Å². The zero-order valence-corrected chi connectivity index (χ0v) is 17.4. The Hall–Kier alpha value is -2.77. The fraction of sp³-hybridized carbons (Fsp3) is 0.333. The lowest BCUT2D eigenvalue weighted by Crippen LogP contribution is -2.27. The van der Waals surface area contributed by atoms with Crippen molar-refractivity contribution in [3.8, 4) is 11.1 Å². The number of carbonyl (C=O) groups is 1. The molecule has 1 aliphatic rings. The Bertz CT molecular complexity index is 996. The SMILES string of the molecule is Cc1cccc(-c2cncc(C(=O)Nc3nc(C4CCNCC4)nn3C)c2)c1.Cl. The van der Waals surface area contributed by atoms with Gasteiger partial charge in [0.1, 0.15) is 0 Å². The molecule has 2 aromatic heterocycles. The molecular formula is C21H25ClN6O. The van der Waals surface area contributed by atoms with E-state index >= 15 is 0 Å². The number of hydrogen-bond acceptors (Lipinski definition) is 5. The molecule has 3 heterocycles. The summed E-state index contributed by atoms with van der Waals surface area (Å²) in [7, 11) is 1.80. The van der Waals surface area contributed by atoms with Crippen LogP contribution < -0.4 is 10.6 Å². The molecule has 1 saturated heterocycles. The van der Waals surface area contributed by atoms with Crippen LogP contribution in [0.3, 0.4) is 0 Å². The second-order valence-corrected chi connectivity index (χ2v) is 7.23. The van der Waals surface area contributed by atoms with Crippen molar-refractivity contribution in [3.05, 3.63) is 59.7 Å². The minimum absolute atomic E-state index is 0. The van der Waals surface area contributed by atoms with E-state index in [0.29, 0.717) is 17.4 Å². The van der Waals surface area contributed by atoms with E-state index in [1.165, 1.54) is 0 Å². The van der Waals surface area contributed by atoms with Crippen LogP contribution in [0.1, 0.15) is 40.5 Å². The van der Waals surface area contributed by atoms with Gasteiger partial charge in [-0.05, 0) is 44.5 Å². The lowest BCUT2D eigenvalue weighted by molar-refractivity contribution is 0.102. The van der Waals surface area contributed by atoms with E-state index < -0.39 is 0 Å². The van der Waals surface area contributed by atoms with Crippen LogP contribution >= 0.6 is 12.4 Å². The molecule has 3 aromatic rings. The predicted molar refractivity (Wildman–Crippen MR) is 115 cm³/mol. The van der Waals surface area contributed by atoms with Crippen LogP contribution in [0, 0.1) is 6.92 Å². The Kier molecular flexibility index (Phi) is 6.61. The number of halogens is 1. The number of nitrogens with zero attached hydrogens (tertiary/aromatic N) is 4. The lowest BCUT2D eigenvalue weighted by atomic mass is 9.98.